The molecular formula is C13H20O2. The van der Waals surface area contributed by atoms with Gasteiger partial charge in [0.1, 0.15) is 11.5 Å². The maximum Gasteiger partial charge on any atom is 0.126 e. The Balaban J connectivity index is 3.31. The first kappa shape index (κ1) is 11.9. The summed E-state index contributed by atoms with van der Waals surface area (Å²) in [6, 6.07) is 3.85. The van der Waals surface area contributed by atoms with Crippen molar-refractivity contribution < 1.29 is 9.84 Å². The second-order valence-corrected chi connectivity index (χ2v) is 4.47. The van der Waals surface area contributed by atoms with Crippen LogP contribution in [0.25, 0.3) is 0 Å². The third-order valence-corrected chi connectivity index (χ3v) is 2.61. The minimum Gasteiger partial charge on any atom is -0.508 e. The lowest BCUT2D eigenvalue weighted by Crippen LogP contribution is -1.98. The average molecular weight is 208 g/mol. The molecule has 0 aliphatic carbocycles. The summed E-state index contributed by atoms with van der Waals surface area (Å²) in [5, 5.41) is 9.94. The number of aromatic hydroxyl groups is 1. The zero-order valence-electron chi connectivity index (χ0n) is 10.2. The molecule has 0 amide bonds. The number of rotatable bonds is 3. The lowest BCUT2D eigenvalue weighted by Gasteiger charge is -2.16. The van der Waals surface area contributed by atoms with Gasteiger partial charge in [0.05, 0.1) is 7.11 Å². The fourth-order valence-corrected chi connectivity index (χ4v) is 1.72. The van der Waals surface area contributed by atoms with Gasteiger partial charge in [0.15, 0.2) is 0 Å². The van der Waals surface area contributed by atoms with Crippen molar-refractivity contribution in [2.45, 2.75) is 39.5 Å². The number of hydrogen-bond acceptors (Lipinski definition) is 2. The summed E-state index contributed by atoms with van der Waals surface area (Å²) in [5.74, 6) is 1.79. The van der Waals surface area contributed by atoms with Crippen LogP contribution in [-0.2, 0) is 0 Å². The average Bonchev–Trinajstić information content (AvgIpc) is 2.15. The van der Waals surface area contributed by atoms with Crippen molar-refractivity contribution in [3.05, 3.63) is 23.3 Å². The van der Waals surface area contributed by atoms with Crippen molar-refractivity contribution in [2.75, 3.05) is 7.11 Å². The van der Waals surface area contributed by atoms with Crippen molar-refractivity contribution in [2.24, 2.45) is 0 Å². The normalized spacial score (nSPS) is 11.1. The molecule has 1 rings (SSSR count). The smallest absolute Gasteiger partial charge is 0.126 e. The SMILES string of the molecule is COc1cc(C(C)C)cc(O)c1C(C)C. The van der Waals surface area contributed by atoms with Crippen LogP contribution in [0.1, 0.15) is 50.7 Å². The van der Waals surface area contributed by atoms with Crippen molar-refractivity contribution in [1.29, 1.82) is 0 Å². The molecular weight excluding hydrogens is 188 g/mol. The molecule has 0 aliphatic rings. The van der Waals surface area contributed by atoms with E-state index in [9.17, 15) is 5.11 Å². The predicted molar refractivity (Wildman–Crippen MR) is 62.8 cm³/mol. The molecule has 2 nitrogen and oxygen atoms in total. The van der Waals surface area contributed by atoms with Crippen molar-refractivity contribution in [3.8, 4) is 11.5 Å². The van der Waals surface area contributed by atoms with E-state index >= 15 is 0 Å². The Morgan fingerprint density at radius 3 is 2.07 bits per heavy atom. The molecule has 0 spiro atoms. The molecule has 1 aromatic rings. The first-order valence-corrected chi connectivity index (χ1v) is 5.38. The van der Waals surface area contributed by atoms with Crippen molar-refractivity contribution in [3.63, 3.8) is 0 Å². The van der Waals surface area contributed by atoms with Gasteiger partial charge in [0.2, 0.25) is 0 Å². The second-order valence-electron chi connectivity index (χ2n) is 4.47. The van der Waals surface area contributed by atoms with Gasteiger partial charge < -0.3 is 9.84 Å². The number of benzene rings is 1. The van der Waals surface area contributed by atoms with Gasteiger partial charge in [-0.1, -0.05) is 27.7 Å². The Hall–Kier alpha value is -1.18. The molecule has 0 fully saturated rings. The summed E-state index contributed by atoms with van der Waals surface area (Å²) in [7, 11) is 1.64. The van der Waals surface area contributed by atoms with Crippen LogP contribution < -0.4 is 4.74 Å². The molecule has 0 heterocycles. The lowest BCUT2D eigenvalue weighted by atomic mass is 9.95. The molecule has 0 atom stereocenters. The Kier molecular flexibility index (Phi) is 3.61. The number of ether oxygens (including phenoxy) is 1. The van der Waals surface area contributed by atoms with Crippen LogP contribution in [0.4, 0.5) is 0 Å². The van der Waals surface area contributed by atoms with E-state index in [1.165, 1.54) is 0 Å². The van der Waals surface area contributed by atoms with Gasteiger partial charge >= 0.3 is 0 Å². The number of phenolic OH excluding ortho intramolecular Hbond substituents is 1. The molecule has 0 bridgehead atoms. The quantitative estimate of drug-likeness (QED) is 0.821. The third kappa shape index (κ3) is 2.44. The second kappa shape index (κ2) is 4.56. The molecule has 0 aliphatic heterocycles. The molecule has 0 saturated carbocycles. The topological polar surface area (TPSA) is 29.5 Å². The summed E-state index contributed by atoms with van der Waals surface area (Å²) >= 11 is 0. The highest BCUT2D eigenvalue weighted by Crippen LogP contribution is 2.37. The van der Waals surface area contributed by atoms with E-state index in [1.54, 1.807) is 7.11 Å². The highest BCUT2D eigenvalue weighted by molar-refractivity contribution is 5.49. The minimum absolute atomic E-state index is 0.265. The predicted octanol–water partition coefficient (Wildman–Crippen LogP) is 3.65. The Bertz CT molecular complexity index is 341. The summed E-state index contributed by atoms with van der Waals surface area (Å²) in [4.78, 5) is 0. The first-order valence-electron chi connectivity index (χ1n) is 5.38. The van der Waals surface area contributed by atoms with Gasteiger partial charge in [-0.3, -0.25) is 0 Å². The van der Waals surface area contributed by atoms with Crippen LogP contribution >= 0.6 is 0 Å². The minimum atomic E-state index is 0.265. The summed E-state index contributed by atoms with van der Waals surface area (Å²) in [5.41, 5.74) is 2.00. The Labute approximate surface area is 91.9 Å². The van der Waals surface area contributed by atoms with Crippen molar-refractivity contribution in [1.82, 2.24) is 0 Å². The monoisotopic (exact) mass is 208 g/mol. The number of methoxy groups -OCH3 is 1. The molecule has 0 unspecified atom stereocenters. The summed E-state index contributed by atoms with van der Waals surface area (Å²) in [6.45, 7) is 8.30. The van der Waals surface area contributed by atoms with E-state index in [2.05, 4.69) is 13.8 Å². The molecule has 15 heavy (non-hydrogen) atoms. The van der Waals surface area contributed by atoms with E-state index in [-0.39, 0.29) is 5.92 Å². The van der Waals surface area contributed by atoms with E-state index in [1.807, 2.05) is 26.0 Å². The molecule has 84 valence electrons. The van der Waals surface area contributed by atoms with Gasteiger partial charge in [-0.25, -0.2) is 0 Å². The number of hydrogen-bond donors (Lipinski definition) is 1. The third-order valence-electron chi connectivity index (χ3n) is 2.61. The molecule has 0 saturated heterocycles. The van der Waals surface area contributed by atoms with E-state index < -0.39 is 0 Å². The zero-order chi connectivity index (χ0) is 11.6. The summed E-state index contributed by atoms with van der Waals surface area (Å²) in [6.07, 6.45) is 0. The van der Waals surface area contributed by atoms with E-state index in [0.29, 0.717) is 11.7 Å². The van der Waals surface area contributed by atoms with Crippen molar-refractivity contribution >= 4 is 0 Å². The van der Waals surface area contributed by atoms with Gasteiger partial charge in [-0.05, 0) is 29.5 Å². The highest BCUT2D eigenvalue weighted by atomic mass is 16.5. The van der Waals surface area contributed by atoms with Crippen LogP contribution in [0, 0.1) is 0 Å². The lowest BCUT2D eigenvalue weighted by molar-refractivity contribution is 0.395. The summed E-state index contributed by atoms with van der Waals surface area (Å²) < 4.78 is 5.32. The first-order chi connectivity index (χ1) is 6.97. The molecule has 1 N–H and O–H groups in total. The molecule has 2 heteroatoms. The Morgan fingerprint density at radius 1 is 1.07 bits per heavy atom. The Morgan fingerprint density at radius 2 is 1.67 bits per heavy atom. The maximum absolute atomic E-state index is 9.94. The molecule has 1 aromatic carbocycles. The number of phenols is 1. The van der Waals surface area contributed by atoms with Gasteiger partial charge in [-0.15, -0.1) is 0 Å². The molecule has 0 aromatic heterocycles. The maximum atomic E-state index is 9.94. The van der Waals surface area contributed by atoms with Gasteiger partial charge in [-0.2, -0.15) is 0 Å². The standard InChI is InChI=1S/C13H20O2/c1-8(2)10-6-11(14)13(9(3)4)12(7-10)15-5/h6-9,14H,1-5H3. The largest absolute Gasteiger partial charge is 0.508 e. The highest BCUT2D eigenvalue weighted by Gasteiger charge is 2.15. The fraction of sp³-hybridized carbons (Fsp3) is 0.538. The van der Waals surface area contributed by atoms with Crippen LogP contribution in [-0.4, -0.2) is 12.2 Å². The van der Waals surface area contributed by atoms with Crippen LogP contribution in [0.2, 0.25) is 0 Å². The fourth-order valence-electron chi connectivity index (χ4n) is 1.72. The van der Waals surface area contributed by atoms with Crippen LogP contribution in [0.5, 0.6) is 11.5 Å². The zero-order valence-corrected chi connectivity index (χ0v) is 10.2. The van der Waals surface area contributed by atoms with Crippen LogP contribution in [0.3, 0.4) is 0 Å². The van der Waals surface area contributed by atoms with Gasteiger partial charge in [0, 0.05) is 5.56 Å². The van der Waals surface area contributed by atoms with E-state index in [4.69, 9.17) is 4.74 Å². The molecule has 0 radical (unpaired) electrons. The van der Waals surface area contributed by atoms with Gasteiger partial charge in [0.25, 0.3) is 0 Å². The van der Waals surface area contributed by atoms with E-state index in [0.717, 1.165) is 16.9 Å². The van der Waals surface area contributed by atoms with Crippen LogP contribution in [0.15, 0.2) is 12.1 Å².